The Morgan fingerprint density at radius 1 is 0.750 bits per heavy atom. The molecule has 0 radical (unpaired) electrons. The summed E-state index contributed by atoms with van der Waals surface area (Å²) >= 11 is 0. The summed E-state index contributed by atoms with van der Waals surface area (Å²) in [6.45, 7) is 0.237. The van der Waals surface area contributed by atoms with Gasteiger partial charge in [0.05, 0.1) is 17.2 Å². The predicted octanol–water partition coefficient (Wildman–Crippen LogP) is 6.64. The molecule has 1 aliphatic heterocycles. The molecule has 10 heteroatoms. The molecule has 0 saturated carbocycles. The molecule has 0 unspecified atom stereocenters. The highest BCUT2D eigenvalue weighted by Crippen LogP contribution is 2.37. The van der Waals surface area contributed by atoms with Gasteiger partial charge in [-0.15, -0.1) is 0 Å². The molecule has 3 aromatic carbocycles. The molecule has 1 fully saturated rings. The predicted molar refractivity (Wildman–Crippen MR) is 137 cm³/mol. The number of amides is 2. The van der Waals surface area contributed by atoms with Crippen LogP contribution in [0.25, 0.3) is 0 Å². The fourth-order valence-electron chi connectivity index (χ4n) is 4.90. The average molecular weight is 563 g/mol. The van der Waals surface area contributed by atoms with Crippen molar-refractivity contribution in [2.24, 2.45) is 0 Å². The summed E-state index contributed by atoms with van der Waals surface area (Å²) in [7, 11) is 0. The Kier molecular flexibility index (Phi) is 8.85. The van der Waals surface area contributed by atoms with Crippen molar-refractivity contribution < 1.29 is 35.9 Å². The first-order valence-electron chi connectivity index (χ1n) is 12.9. The normalized spacial score (nSPS) is 16.2. The van der Waals surface area contributed by atoms with Gasteiger partial charge in [-0.2, -0.15) is 26.3 Å². The Labute approximate surface area is 228 Å². The molecule has 3 aromatic rings. The number of benzene rings is 3. The van der Waals surface area contributed by atoms with Gasteiger partial charge in [0.2, 0.25) is 5.91 Å². The summed E-state index contributed by atoms with van der Waals surface area (Å²) in [5.41, 5.74) is -1.85. The third-order valence-corrected chi connectivity index (χ3v) is 6.94. The molecule has 0 bridgehead atoms. The van der Waals surface area contributed by atoms with E-state index in [0.29, 0.717) is 18.6 Å². The van der Waals surface area contributed by atoms with Gasteiger partial charge >= 0.3 is 12.4 Å². The van der Waals surface area contributed by atoms with Crippen LogP contribution in [0.3, 0.4) is 0 Å². The number of hydrogen-bond donors (Lipinski definition) is 0. The lowest BCUT2D eigenvalue weighted by Gasteiger charge is -2.42. The third-order valence-electron chi connectivity index (χ3n) is 6.94. The molecule has 0 N–H and O–H groups in total. The average Bonchev–Trinajstić information content (AvgIpc) is 2.92. The Morgan fingerprint density at radius 3 is 1.85 bits per heavy atom. The monoisotopic (exact) mass is 562 g/mol. The fourth-order valence-corrected chi connectivity index (χ4v) is 4.90. The molecule has 1 saturated heterocycles. The molecular formula is C30H28F6N2O2. The topological polar surface area (TPSA) is 40.6 Å². The minimum atomic E-state index is -5.06. The maximum Gasteiger partial charge on any atom is 0.416 e. The highest BCUT2D eigenvalue weighted by atomic mass is 19.4. The highest BCUT2D eigenvalue weighted by molar-refractivity contribution is 5.95. The Hall–Kier alpha value is -3.82. The number of piperazine rings is 1. The van der Waals surface area contributed by atoms with Gasteiger partial charge in [0.15, 0.2) is 0 Å². The lowest BCUT2D eigenvalue weighted by Crippen LogP contribution is -2.57. The van der Waals surface area contributed by atoms with Crippen LogP contribution in [0.2, 0.25) is 0 Å². The standard InChI is InChI=1S/C30H28F6N2O2/c31-29(32,33)24-17-23(18-25(19-24)30(34,35)36)28(40)38-15-14-37(20-26(38)16-22-10-5-2-6-11-22)27(39)13-7-12-21-8-3-1-4-9-21/h1-6,8-11,17-19,26H,7,12-16,20H2/t26-/m1/s1. The summed E-state index contributed by atoms with van der Waals surface area (Å²) in [5.74, 6) is -1.05. The van der Waals surface area contributed by atoms with Gasteiger partial charge in [-0.05, 0) is 48.6 Å². The Bertz CT molecular complexity index is 1280. The summed E-state index contributed by atoms with van der Waals surface area (Å²) in [6, 6.07) is 19.0. The largest absolute Gasteiger partial charge is 0.416 e. The Morgan fingerprint density at radius 2 is 1.30 bits per heavy atom. The van der Waals surface area contributed by atoms with Crippen molar-refractivity contribution in [3.63, 3.8) is 0 Å². The number of rotatable bonds is 7. The number of carbonyl (C=O) groups is 2. The molecule has 2 amide bonds. The van der Waals surface area contributed by atoms with Gasteiger partial charge in [0.25, 0.3) is 5.91 Å². The first kappa shape index (κ1) is 29.2. The molecule has 1 aliphatic rings. The zero-order valence-electron chi connectivity index (χ0n) is 21.5. The van der Waals surface area contributed by atoms with Crippen LogP contribution in [0.4, 0.5) is 26.3 Å². The van der Waals surface area contributed by atoms with E-state index < -0.39 is 41.0 Å². The number of alkyl halides is 6. The quantitative estimate of drug-likeness (QED) is 0.303. The van der Waals surface area contributed by atoms with Crippen molar-refractivity contribution in [1.82, 2.24) is 9.80 Å². The van der Waals surface area contributed by atoms with Gasteiger partial charge < -0.3 is 9.80 Å². The number of aryl methyl sites for hydroxylation is 1. The number of carbonyl (C=O) groups excluding carboxylic acids is 2. The maximum atomic E-state index is 13.5. The van der Waals surface area contributed by atoms with Gasteiger partial charge in [-0.1, -0.05) is 60.7 Å². The van der Waals surface area contributed by atoms with E-state index in [2.05, 4.69) is 0 Å². The maximum absolute atomic E-state index is 13.5. The number of hydrogen-bond acceptors (Lipinski definition) is 2. The molecule has 0 aromatic heterocycles. The summed E-state index contributed by atoms with van der Waals surface area (Å²) in [6.07, 6.45) is -8.23. The van der Waals surface area contributed by atoms with E-state index in [1.165, 1.54) is 4.90 Å². The lowest BCUT2D eigenvalue weighted by molar-refractivity contribution is -0.143. The van der Waals surface area contributed by atoms with Crippen LogP contribution in [-0.2, 0) is 30.0 Å². The van der Waals surface area contributed by atoms with Crippen molar-refractivity contribution in [1.29, 1.82) is 0 Å². The van der Waals surface area contributed by atoms with Crippen LogP contribution in [-0.4, -0.2) is 47.3 Å². The zero-order chi connectivity index (χ0) is 28.9. The molecule has 4 nitrogen and oxygen atoms in total. The van der Waals surface area contributed by atoms with Gasteiger partial charge in [0.1, 0.15) is 0 Å². The van der Waals surface area contributed by atoms with Crippen LogP contribution in [0, 0.1) is 0 Å². The second-order valence-electron chi connectivity index (χ2n) is 9.82. The first-order valence-corrected chi connectivity index (χ1v) is 12.9. The summed E-state index contributed by atoms with van der Waals surface area (Å²) in [5, 5.41) is 0. The molecule has 1 heterocycles. The molecule has 40 heavy (non-hydrogen) atoms. The third kappa shape index (κ3) is 7.43. The number of nitrogens with zero attached hydrogens (tertiary/aromatic N) is 2. The zero-order valence-corrected chi connectivity index (χ0v) is 21.5. The fraction of sp³-hybridized carbons (Fsp3) is 0.333. The van der Waals surface area contributed by atoms with E-state index in [4.69, 9.17) is 0 Å². The summed E-state index contributed by atoms with van der Waals surface area (Å²) < 4.78 is 80.5. The summed E-state index contributed by atoms with van der Waals surface area (Å²) in [4.78, 5) is 29.4. The van der Waals surface area contributed by atoms with Crippen molar-refractivity contribution in [2.45, 2.75) is 44.1 Å². The first-order chi connectivity index (χ1) is 18.9. The second-order valence-corrected chi connectivity index (χ2v) is 9.82. The molecular weight excluding hydrogens is 534 g/mol. The minimum absolute atomic E-state index is 0.00425. The van der Waals surface area contributed by atoms with Crippen LogP contribution in [0.1, 0.15) is 45.5 Å². The van der Waals surface area contributed by atoms with Crippen molar-refractivity contribution in [3.05, 3.63) is 107 Å². The van der Waals surface area contributed by atoms with E-state index >= 15 is 0 Å². The molecule has 0 spiro atoms. The van der Waals surface area contributed by atoms with E-state index in [9.17, 15) is 35.9 Å². The molecule has 4 rings (SSSR count). The van der Waals surface area contributed by atoms with E-state index in [1.807, 2.05) is 42.5 Å². The smallest absolute Gasteiger partial charge is 0.339 e. The van der Waals surface area contributed by atoms with Gasteiger partial charge in [-0.25, -0.2) is 0 Å². The second kappa shape index (κ2) is 12.1. The minimum Gasteiger partial charge on any atom is -0.339 e. The van der Waals surface area contributed by atoms with E-state index in [0.717, 1.165) is 17.5 Å². The van der Waals surface area contributed by atoms with E-state index in [1.54, 1.807) is 23.1 Å². The SMILES string of the molecule is O=C(CCCc1ccccc1)N1CCN(C(=O)c2cc(C(F)(F)F)cc(C(F)(F)F)c2)[C@H](Cc2ccccc2)C1. The molecule has 0 aliphatic carbocycles. The van der Waals surface area contributed by atoms with Crippen LogP contribution in [0.15, 0.2) is 78.9 Å². The van der Waals surface area contributed by atoms with Gasteiger partial charge in [0, 0.05) is 31.6 Å². The van der Waals surface area contributed by atoms with Crippen LogP contribution >= 0.6 is 0 Å². The Balaban J connectivity index is 1.55. The van der Waals surface area contributed by atoms with E-state index in [-0.39, 0.29) is 44.4 Å². The van der Waals surface area contributed by atoms with Crippen LogP contribution < -0.4 is 0 Å². The van der Waals surface area contributed by atoms with Gasteiger partial charge in [-0.3, -0.25) is 9.59 Å². The highest BCUT2D eigenvalue weighted by Gasteiger charge is 2.39. The van der Waals surface area contributed by atoms with Crippen molar-refractivity contribution in [2.75, 3.05) is 19.6 Å². The number of halogens is 6. The van der Waals surface area contributed by atoms with Crippen molar-refractivity contribution >= 4 is 11.8 Å². The lowest BCUT2D eigenvalue weighted by atomic mass is 9.98. The van der Waals surface area contributed by atoms with Crippen LogP contribution in [0.5, 0.6) is 0 Å². The van der Waals surface area contributed by atoms with Crippen molar-refractivity contribution in [3.8, 4) is 0 Å². The molecule has 212 valence electrons. The molecule has 1 atom stereocenters.